The van der Waals surface area contributed by atoms with Crippen molar-refractivity contribution < 1.29 is 19.4 Å². The predicted octanol–water partition coefficient (Wildman–Crippen LogP) is 0.215. The number of fused-ring (bicyclic) bond motifs is 1. The Morgan fingerprint density at radius 3 is 2.78 bits per heavy atom. The van der Waals surface area contributed by atoms with Gasteiger partial charge in [-0.15, -0.1) is 0 Å². The zero-order valence-corrected chi connectivity index (χ0v) is 10.4. The lowest BCUT2D eigenvalue weighted by Gasteiger charge is -2.32. The topological polar surface area (TPSA) is 90.6 Å². The Hall–Kier alpha value is -1.89. The third-order valence-corrected chi connectivity index (χ3v) is 2.85. The van der Waals surface area contributed by atoms with Crippen LogP contribution < -0.4 is 10.3 Å². The van der Waals surface area contributed by atoms with Gasteiger partial charge in [0.25, 0.3) is 5.56 Å². The zero-order valence-electron chi connectivity index (χ0n) is 10.4. The van der Waals surface area contributed by atoms with Crippen molar-refractivity contribution in [2.75, 3.05) is 13.7 Å². The molecule has 0 radical (unpaired) electrons. The van der Waals surface area contributed by atoms with Crippen molar-refractivity contribution in [3.63, 3.8) is 0 Å². The molecule has 0 atom stereocenters. The zero-order chi connectivity index (χ0) is 13.5. The predicted molar refractivity (Wildman–Crippen MR) is 61.0 cm³/mol. The highest BCUT2D eigenvalue weighted by Gasteiger charge is 2.34. The monoisotopic (exact) mass is 254 g/mol. The summed E-state index contributed by atoms with van der Waals surface area (Å²) in [5.41, 5.74) is -1.67. The van der Waals surface area contributed by atoms with E-state index in [0.717, 1.165) is 0 Å². The fourth-order valence-corrected chi connectivity index (χ4v) is 1.99. The van der Waals surface area contributed by atoms with Gasteiger partial charge in [0.1, 0.15) is 11.4 Å². The highest BCUT2D eigenvalue weighted by Crippen LogP contribution is 2.27. The van der Waals surface area contributed by atoms with E-state index in [-0.39, 0.29) is 11.4 Å². The molecular formula is C11H14N2O5. The van der Waals surface area contributed by atoms with E-state index in [0.29, 0.717) is 19.0 Å². The first kappa shape index (κ1) is 12.6. The molecule has 0 spiro atoms. The number of methoxy groups -OCH3 is 1. The van der Waals surface area contributed by atoms with Crippen molar-refractivity contribution in [1.82, 2.24) is 9.55 Å². The molecule has 0 aromatic carbocycles. The number of rotatable bonds is 2. The van der Waals surface area contributed by atoms with Gasteiger partial charge in [0.15, 0.2) is 5.69 Å². The molecule has 0 unspecified atom stereocenters. The molecule has 1 aromatic heterocycles. The quantitative estimate of drug-likeness (QED) is 0.811. The molecule has 1 aliphatic rings. The highest BCUT2D eigenvalue weighted by molar-refractivity contribution is 5.88. The van der Waals surface area contributed by atoms with Crippen LogP contribution in [-0.4, -0.2) is 34.3 Å². The first-order chi connectivity index (χ1) is 8.38. The van der Waals surface area contributed by atoms with Crippen molar-refractivity contribution in [3.05, 3.63) is 21.9 Å². The van der Waals surface area contributed by atoms with E-state index < -0.39 is 17.1 Å². The number of nitrogens with zero attached hydrogens (tertiary/aromatic N) is 2. The number of carboxylic acids is 1. The second-order valence-electron chi connectivity index (χ2n) is 4.44. The van der Waals surface area contributed by atoms with Gasteiger partial charge in [-0.1, -0.05) is 0 Å². The van der Waals surface area contributed by atoms with Crippen LogP contribution in [0.3, 0.4) is 0 Å². The molecule has 7 nitrogen and oxygen atoms in total. The van der Waals surface area contributed by atoms with E-state index in [2.05, 4.69) is 4.98 Å². The molecule has 2 heterocycles. The van der Waals surface area contributed by atoms with Crippen molar-refractivity contribution >= 4 is 5.97 Å². The average Bonchev–Trinajstić information content (AvgIpc) is 2.29. The molecular weight excluding hydrogens is 240 g/mol. The number of carboxylic acid groups (broad SMARTS) is 1. The van der Waals surface area contributed by atoms with Crippen LogP contribution in [0.2, 0.25) is 0 Å². The number of aromatic nitrogens is 2. The standard InChI is InChI=1S/C11H14N2O5/c1-11(2)10-12-6(9(15)16)7(17-3)8(14)13(10)4-5-18-11/h4-5H2,1-3H3,(H,15,16). The normalized spacial score (nSPS) is 17.1. The summed E-state index contributed by atoms with van der Waals surface area (Å²) in [6.07, 6.45) is 0. The maximum absolute atomic E-state index is 12.1. The Labute approximate surface area is 103 Å². The van der Waals surface area contributed by atoms with Crippen molar-refractivity contribution in [2.24, 2.45) is 0 Å². The molecule has 0 amide bonds. The molecule has 0 saturated carbocycles. The minimum atomic E-state index is -1.30. The molecule has 1 aliphatic heterocycles. The van der Waals surface area contributed by atoms with Gasteiger partial charge in [0.05, 0.1) is 20.3 Å². The summed E-state index contributed by atoms with van der Waals surface area (Å²) in [6.45, 7) is 4.18. The highest BCUT2D eigenvalue weighted by atomic mass is 16.5. The van der Waals surface area contributed by atoms with E-state index in [4.69, 9.17) is 14.6 Å². The molecule has 0 bridgehead atoms. The largest absolute Gasteiger partial charge is 0.489 e. The van der Waals surface area contributed by atoms with Gasteiger partial charge in [0, 0.05) is 0 Å². The summed E-state index contributed by atoms with van der Waals surface area (Å²) in [5.74, 6) is -1.24. The smallest absolute Gasteiger partial charge is 0.358 e. The number of aromatic carboxylic acids is 1. The SMILES string of the molecule is COc1c(C(=O)O)nc2n(c1=O)CCOC2(C)C. The minimum absolute atomic E-state index is 0.246. The molecule has 1 aromatic rings. The maximum atomic E-state index is 12.1. The second-order valence-corrected chi connectivity index (χ2v) is 4.44. The number of ether oxygens (including phenoxy) is 2. The third-order valence-electron chi connectivity index (χ3n) is 2.85. The summed E-state index contributed by atoms with van der Waals surface area (Å²) in [4.78, 5) is 27.2. The van der Waals surface area contributed by atoms with Crippen molar-refractivity contribution in [2.45, 2.75) is 26.0 Å². The van der Waals surface area contributed by atoms with Gasteiger partial charge in [-0.05, 0) is 13.8 Å². The number of hydrogen-bond acceptors (Lipinski definition) is 5. The first-order valence-corrected chi connectivity index (χ1v) is 5.45. The Morgan fingerprint density at radius 2 is 2.22 bits per heavy atom. The van der Waals surface area contributed by atoms with E-state index >= 15 is 0 Å². The lowest BCUT2D eigenvalue weighted by molar-refractivity contribution is -0.0567. The Kier molecular flexibility index (Phi) is 2.86. The van der Waals surface area contributed by atoms with Gasteiger partial charge >= 0.3 is 5.97 Å². The second kappa shape index (κ2) is 4.09. The van der Waals surface area contributed by atoms with Crippen LogP contribution in [-0.2, 0) is 16.9 Å². The van der Waals surface area contributed by atoms with Crippen molar-refractivity contribution in [1.29, 1.82) is 0 Å². The summed E-state index contributed by atoms with van der Waals surface area (Å²) >= 11 is 0. The summed E-state index contributed by atoms with van der Waals surface area (Å²) in [5, 5.41) is 9.06. The Morgan fingerprint density at radius 1 is 1.56 bits per heavy atom. The maximum Gasteiger partial charge on any atom is 0.358 e. The van der Waals surface area contributed by atoms with Crippen LogP contribution in [0.1, 0.15) is 30.2 Å². The first-order valence-electron chi connectivity index (χ1n) is 5.45. The Bertz CT molecular complexity index is 561. The van der Waals surface area contributed by atoms with Crippen LogP contribution in [0.15, 0.2) is 4.79 Å². The van der Waals surface area contributed by atoms with Gasteiger partial charge in [0.2, 0.25) is 5.75 Å². The van der Waals surface area contributed by atoms with Gasteiger partial charge in [-0.25, -0.2) is 9.78 Å². The average molecular weight is 254 g/mol. The number of hydrogen-bond donors (Lipinski definition) is 1. The van der Waals surface area contributed by atoms with E-state index in [1.165, 1.54) is 11.7 Å². The van der Waals surface area contributed by atoms with Gasteiger partial charge in [-0.3, -0.25) is 9.36 Å². The van der Waals surface area contributed by atoms with Crippen molar-refractivity contribution in [3.8, 4) is 5.75 Å². The summed E-state index contributed by atoms with van der Waals surface area (Å²) in [7, 11) is 1.25. The molecule has 2 rings (SSSR count). The van der Waals surface area contributed by atoms with Crippen LogP contribution in [0.25, 0.3) is 0 Å². The number of carbonyl (C=O) groups is 1. The lowest BCUT2D eigenvalue weighted by Crippen LogP contribution is -2.42. The van der Waals surface area contributed by atoms with Crippen LogP contribution >= 0.6 is 0 Å². The molecule has 0 saturated heterocycles. The van der Waals surface area contributed by atoms with Crippen LogP contribution in [0.5, 0.6) is 5.75 Å². The van der Waals surface area contributed by atoms with Gasteiger partial charge in [-0.2, -0.15) is 0 Å². The molecule has 98 valence electrons. The van der Waals surface area contributed by atoms with E-state index in [1.807, 2.05) is 0 Å². The fraction of sp³-hybridized carbons (Fsp3) is 0.545. The minimum Gasteiger partial charge on any atom is -0.489 e. The summed E-state index contributed by atoms with van der Waals surface area (Å²) < 4.78 is 11.8. The van der Waals surface area contributed by atoms with Crippen LogP contribution in [0, 0.1) is 0 Å². The molecule has 18 heavy (non-hydrogen) atoms. The van der Waals surface area contributed by atoms with Gasteiger partial charge < -0.3 is 14.6 Å². The van der Waals surface area contributed by atoms with Crippen LogP contribution in [0.4, 0.5) is 0 Å². The third kappa shape index (κ3) is 1.76. The summed E-state index contributed by atoms with van der Waals surface area (Å²) in [6, 6.07) is 0. The molecule has 0 fully saturated rings. The van der Waals surface area contributed by atoms with E-state index in [9.17, 15) is 9.59 Å². The Balaban J connectivity index is 2.79. The molecule has 0 aliphatic carbocycles. The molecule has 7 heteroatoms. The fourth-order valence-electron chi connectivity index (χ4n) is 1.99. The molecule has 1 N–H and O–H groups in total. The van der Waals surface area contributed by atoms with E-state index in [1.54, 1.807) is 13.8 Å². The lowest BCUT2D eigenvalue weighted by atomic mass is 10.1.